The number of rotatable bonds is 6. The molecule has 0 aliphatic carbocycles. The summed E-state index contributed by atoms with van der Waals surface area (Å²) in [6.07, 6.45) is 3.20. The van der Waals surface area contributed by atoms with Gasteiger partial charge in [-0.1, -0.05) is 38.4 Å². The quantitative estimate of drug-likeness (QED) is 0.791. The Bertz CT molecular complexity index is 520. The molecule has 0 fully saturated rings. The number of hydrogen-bond donors (Lipinski definition) is 2. The lowest BCUT2D eigenvalue weighted by Crippen LogP contribution is -2.27. The monoisotopic (exact) mass is 299 g/mol. The molecule has 0 bridgehead atoms. The van der Waals surface area contributed by atoms with Crippen LogP contribution in [-0.2, 0) is 6.54 Å². The van der Waals surface area contributed by atoms with E-state index in [1.165, 1.54) is 10.9 Å². The normalized spacial score (nSPS) is 13.1. The highest BCUT2D eigenvalue weighted by atomic mass is 35.5. The third kappa shape index (κ3) is 4.98. The molecule has 0 spiro atoms. The Balaban J connectivity index is 2.72. The number of anilines is 1. The summed E-state index contributed by atoms with van der Waals surface area (Å²) in [5, 5.41) is 16.9. The number of nitrogens with zero attached hydrogens (tertiary/aromatic N) is 2. The van der Waals surface area contributed by atoms with Crippen LogP contribution in [0.5, 0.6) is 0 Å². The van der Waals surface area contributed by atoms with E-state index >= 15 is 0 Å². The maximum Gasteiger partial charge on any atom is 0.287 e. The van der Waals surface area contributed by atoms with Crippen molar-refractivity contribution in [1.29, 1.82) is 0 Å². The van der Waals surface area contributed by atoms with E-state index in [0.717, 1.165) is 0 Å². The Morgan fingerprint density at radius 3 is 2.80 bits per heavy atom. The van der Waals surface area contributed by atoms with E-state index in [-0.39, 0.29) is 16.0 Å². The summed E-state index contributed by atoms with van der Waals surface area (Å²) in [5.41, 5.74) is 0.100. The van der Waals surface area contributed by atoms with Gasteiger partial charge in [-0.2, -0.15) is 5.10 Å². The average Bonchev–Trinajstić information content (AvgIpc) is 2.32. The summed E-state index contributed by atoms with van der Waals surface area (Å²) in [4.78, 5) is 11.9. The zero-order chi connectivity index (χ0) is 15.3. The Morgan fingerprint density at radius 1 is 1.60 bits per heavy atom. The van der Waals surface area contributed by atoms with E-state index in [0.29, 0.717) is 25.2 Å². The van der Waals surface area contributed by atoms with E-state index in [2.05, 4.69) is 37.8 Å². The lowest BCUT2D eigenvalue weighted by Gasteiger charge is -2.22. The first-order valence-electron chi connectivity index (χ1n) is 6.53. The van der Waals surface area contributed by atoms with Crippen molar-refractivity contribution in [3.05, 3.63) is 34.2 Å². The fraction of sp³-hybridized carbons (Fsp3) is 0.571. The van der Waals surface area contributed by atoms with Crippen molar-refractivity contribution in [3.63, 3.8) is 0 Å². The summed E-state index contributed by atoms with van der Waals surface area (Å²) >= 11 is 6.00. The molecule has 1 atom stereocenters. The molecule has 0 radical (unpaired) electrons. The molecule has 1 aromatic rings. The van der Waals surface area contributed by atoms with Crippen molar-refractivity contribution in [2.75, 3.05) is 11.9 Å². The van der Waals surface area contributed by atoms with Gasteiger partial charge in [-0.15, -0.1) is 6.58 Å². The predicted molar refractivity (Wildman–Crippen MR) is 82.3 cm³/mol. The number of hydrogen-bond acceptors (Lipinski definition) is 4. The van der Waals surface area contributed by atoms with Crippen LogP contribution in [0.2, 0.25) is 5.02 Å². The smallest absolute Gasteiger partial charge is 0.287 e. The fourth-order valence-corrected chi connectivity index (χ4v) is 2.06. The van der Waals surface area contributed by atoms with Crippen molar-refractivity contribution in [2.45, 2.75) is 39.8 Å². The standard InChI is InChI=1S/C14H22ClN3O2/c1-5-6-18-13(20)12(15)11(9-17-18)16-8-10(19)7-14(2,3)4/h5,9-10,16,19H,1,6-8H2,2-4H3. The molecule has 5 nitrogen and oxygen atoms in total. The molecular formula is C14H22ClN3O2. The highest BCUT2D eigenvalue weighted by molar-refractivity contribution is 6.32. The van der Waals surface area contributed by atoms with Gasteiger partial charge in [0.15, 0.2) is 0 Å². The second-order valence-electron chi connectivity index (χ2n) is 5.95. The minimum Gasteiger partial charge on any atom is -0.391 e. The minimum absolute atomic E-state index is 0.0382. The van der Waals surface area contributed by atoms with E-state index in [1.807, 2.05) is 0 Å². The fourth-order valence-electron chi connectivity index (χ4n) is 1.85. The van der Waals surface area contributed by atoms with Gasteiger partial charge in [0.2, 0.25) is 0 Å². The van der Waals surface area contributed by atoms with E-state index in [9.17, 15) is 9.90 Å². The third-order valence-corrected chi connectivity index (χ3v) is 3.03. The number of aromatic nitrogens is 2. The molecule has 6 heteroatoms. The topological polar surface area (TPSA) is 67.2 Å². The molecule has 0 saturated carbocycles. The maximum absolute atomic E-state index is 11.9. The molecule has 1 rings (SSSR count). The summed E-state index contributed by atoms with van der Waals surface area (Å²) in [7, 11) is 0. The van der Waals surface area contributed by atoms with Crippen LogP contribution in [-0.4, -0.2) is 27.5 Å². The molecule has 0 saturated heterocycles. The van der Waals surface area contributed by atoms with Gasteiger partial charge >= 0.3 is 0 Å². The Hall–Kier alpha value is -1.33. The molecular weight excluding hydrogens is 278 g/mol. The van der Waals surface area contributed by atoms with Crippen molar-refractivity contribution >= 4 is 17.3 Å². The van der Waals surface area contributed by atoms with Crippen LogP contribution in [0.15, 0.2) is 23.6 Å². The molecule has 0 aromatic carbocycles. The summed E-state index contributed by atoms with van der Waals surface area (Å²) in [6.45, 7) is 10.4. The second-order valence-corrected chi connectivity index (χ2v) is 6.33. The summed E-state index contributed by atoms with van der Waals surface area (Å²) < 4.78 is 1.23. The zero-order valence-corrected chi connectivity index (χ0v) is 12.9. The molecule has 112 valence electrons. The first-order chi connectivity index (χ1) is 9.24. The lowest BCUT2D eigenvalue weighted by molar-refractivity contribution is 0.132. The number of halogens is 1. The highest BCUT2D eigenvalue weighted by Crippen LogP contribution is 2.21. The van der Waals surface area contributed by atoms with E-state index < -0.39 is 6.10 Å². The molecule has 0 amide bonds. The highest BCUT2D eigenvalue weighted by Gasteiger charge is 2.17. The molecule has 1 heterocycles. The molecule has 2 N–H and O–H groups in total. The van der Waals surface area contributed by atoms with Crippen LogP contribution in [0.1, 0.15) is 27.2 Å². The lowest BCUT2D eigenvalue weighted by atomic mass is 9.89. The van der Waals surface area contributed by atoms with E-state index in [1.54, 1.807) is 6.08 Å². The van der Waals surface area contributed by atoms with E-state index in [4.69, 9.17) is 11.6 Å². The van der Waals surface area contributed by atoms with Crippen LogP contribution in [0.3, 0.4) is 0 Å². The maximum atomic E-state index is 11.9. The van der Waals surface area contributed by atoms with Gasteiger partial charge in [-0.05, 0) is 11.8 Å². The minimum atomic E-state index is -0.512. The third-order valence-electron chi connectivity index (χ3n) is 2.66. The van der Waals surface area contributed by atoms with Gasteiger partial charge in [0, 0.05) is 6.54 Å². The van der Waals surface area contributed by atoms with Gasteiger partial charge in [-0.25, -0.2) is 4.68 Å². The van der Waals surface area contributed by atoms with Gasteiger partial charge in [0.25, 0.3) is 5.56 Å². The molecule has 20 heavy (non-hydrogen) atoms. The van der Waals surface area contributed by atoms with Crippen molar-refractivity contribution in [3.8, 4) is 0 Å². The van der Waals surface area contributed by atoms with Crippen molar-refractivity contribution in [1.82, 2.24) is 9.78 Å². The van der Waals surface area contributed by atoms with Gasteiger partial charge < -0.3 is 10.4 Å². The number of aliphatic hydroxyl groups is 1. The largest absolute Gasteiger partial charge is 0.391 e. The molecule has 0 aliphatic heterocycles. The van der Waals surface area contributed by atoms with Crippen molar-refractivity contribution < 1.29 is 5.11 Å². The SMILES string of the molecule is C=CCn1ncc(NCC(O)CC(C)(C)C)c(Cl)c1=O. The second kappa shape index (κ2) is 6.90. The molecule has 1 aromatic heterocycles. The Morgan fingerprint density at radius 2 is 2.25 bits per heavy atom. The van der Waals surface area contributed by atoms with Crippen LogP contribution < -0.4 is 10.9 Å². The molecule has 1 unspecified atom stereocenters. The van der Waals surface area contributed by atoms with Crippen LogP contribution >= 0.6 is 11.6 Å². The first kappa shape index (κ1) is 16.7. The zero-order valence-electron chi connectivity index (χ0n) is 12.2. The predicted octanol–water partition coefficient (Wildman–Crippen LogP) is 2.29. The number of nitrogens with one attached hydrogen (secondary N) is 1. The number of aliphatic hydroxyl groups excluding tert-OH is 1. The van der Waals surface area contributed by atoms with Crippen LogP contribution in [0, 0.1) is 5.41 Å². The summed E-state index contributed by atoms with van der Waals surface area (Å²) in [5.74, 6) is 0. The van der Waals surface area contributed by atoms with Crippen molar-refractivity contribution in [2.24, 2.45) is 5.41 Å². The van der Waals surface area contributed by atoms with Crippen LogP contribution in [0.25, 0.3) is 0 Å². The van der Waals surface area contributed by atoms with Gasteiger partial charge in [0.1, 0.15) is 5.02 Å². The Labute approximate surface area is 124 Å². The first-order valence-corrected chi connectivity index (χ1v) is 6.91. The Kier molecular flexibility index (Phi) is 5.77. The van der Waals surface area contributed by atoms with Gasteiger partial charge in [0.05, 0.1) is 24.5 Å². The van der Waals surface area contributed by atoms with Gasteiger partial charge in [-0.3, -0.25) is 4.79 Å². The summed E-state index contributed by atoms with van der Waals surface area (Å²) in [6, 6.07) is 0. The van der Waals surface area contributed by atoms with Crippen LogP contribution in [0.4, 0.5) is 5.69 Å². The molecule has 0 aliphatic rings. The number of allylic oxidation sites excluding steroid dienone is 1. The average molecular weight is 300 g/mol.